The van der Waals surface area contributed by atoms with Crippen molar-refractivity contribution in [2.24, 2.45) is 0 Å². The van der Waals surface area contributed by atoms with Gasteiger partial charge in [-0.3, -0.25) is 4.79 Å². The number of carbonyl (C=O) groups is 1. The first-order chi connectivity index (χ1) is 14.2. The molecule has 1 fully saturated rings. The monoisotopic (exact) mass is 533 g/mol. The number of nitrogens with zero attached hydrogens (tertiary/aromatic N) is 3. The predicted molar refractivity (Wildman–Crippen MR) is 122 cm³/mol. The summed E-state index contributed by atoms with van der Waals surface area (Å²) >= 11 is 15.6. The van der Waals surface area contributed by atoms with Gasteiger partial charge in [0.1, 0.15) is 0 Å². The van der Waals surface area contributed by atoms with E-state index in [9.17, 15) is 13.2 Å². The first-order valence-electron chi connectivity index (χ1n) is 9.33. The molecule has 0 aliphatic carbocycles. The van der Waals surface area contributed by atoms with Crippen LogP contribution in [-0.2, 0) is 21.4 Å². The molecule has 3 rings (SSSR count). The standard InChI is InChI=1S/C20H22BrCl2N3O3S/c1-24-8-10-25(11-9-24)20(27)14-26(13-15-2-5-17(22)12-19(15)23)30(28,29)18-6-3-16(21)4-7-18/h2-7,12H,8-11,13-14H2,1H3. The molecule has 1 saturated heterocycles. The van der Waals surface area contributed by atoms with E-state index in [2.05, 4.69) is 20.8 Å². The van der Waals surface area contributed by atoms with Gasteiger partial charge in [0.2, 0.25) is 15.9 Å². The van der Waals surface area contributed by atoms with Crippen LogP contribution in [0.3, 0.4) is 0 Å². The molecule has 0 saturated carbocycles. The summed E-state index contributed by atoms with van der Waals surface area (Å²) in [5, 5.41) is 0.810. The van der Waals surface area contributed by atoms with Gasteiger partial charge in [0, 0.05) is 47.2 Å². The molecule has 1 heterocycles. The fourth-order valence-electron chi connectivity index (χ4n) is 3.13. The van der Waals surface area contributed by atoms with Crippen molar-refractivity contribution in [3.05, 3.63) is 62.5 Å². The lowest BCUT2D eigenvalue weighted by molar-refractivity contribution is -0.133. The van der Waals surface area contributed by atoms with Gasteiger partial charge in [-0.2, -0.15) is 4.31 Å². The van der Waals surface area contributed by atoms with Gasteiger partial charge in [0.25, 0.3) is 0 Å². The minimum Gasteiger partial charge on any atom is -0.339 e. The molecule has 6 nitrogen and oxygen atoms in total. The Hall–Kier alpha value is -1.16. The van der Waals surface area contributed by atoms with Gasteiger partial charge in [-0.1, -0.05) is 45.2 Å². The molecule has 10 heteroatoms. The van der Waals surface area contributed by atoms with E-state index in [4.69, 9.17) is 23.2 Å². The van der Waals surface area contributed by atoms with E-state index >= 15 is 0 Å². The van der Waals surface area contributed by atoms with Gasteiger partial charge in [-0.25, -0.2) is 8.42 Å². The van der Waals surface area contributed by atoms with Crippen molar-refractivity contribution < 1.29 is 13.2 Å². The summed E-state index contributed by atoms with van der Waals surface area (Å²) in [4.78, 5) is 16.9. The summed E-state index contributed by atoms with van der Waals surface area (Å²) < 4.78 is 28.7. The molecule has 0 atom stereocenters. The lowest BCUT2D eigenvalue weighted by Gasteiger charge is -2.34. The van der Waals surface area contributed by atoms with Crippen LogP contribution >= 0.6 is 39.1 Å². The zero-order chi connectivity index (χ0) is 21.9. The summed E-state index contributed by atoms with van der Waals surface area (Å²) in [7, 11) is -1.93. The van der Waals surface area contributed by atoms with Gasteiger partial charge in [0.15, 0.2) is 0 Å². The highest BCUT2D eigenvalue weighted by molar-refractivity contribution is 9.10. The number of piperazine rings is 1. The average Bonchev–Trinajstić information content (AvgIpc) is 2.70. The summed E-state index contributed by atoms with van der Waals surface area (Å²) in [6.07, 6.45) is 0. The molecule has 0 radical (unpaired) electrons. The molecule has 0 bridgehead atoms. The Kier molecular flexibility index (Phi) is 7.81. The Bertz CT molecular complexity index is 1010. The summed E-state index contributed by atoms with van der Waals surface area (Å²) in [5.41, 5.74) is 0.577. The minimum absolute atomic E-state index is 0.0338. The maximum absolute atomic E-state index is 13.4. The van der Waals surface area contributed by atoms with Crippen LogP contribution in [0.15, 0.2) is 51.8 Å². The second-order valence-electron chi connectivity index (χ2n) is 7.15. The van der Waals surface area contributed by atoms with E-state index in [-0.39, 0.29) is 23.9 Å². The Labute approximate surface area is 195 Å². The second kappa shape index (κ2) is 9.97. The number of likely N-dealkylation sites (N-methyl/N-ethyl adjacent to an activating group) is 1. The van der Waals surface area contributed by atoms with Crippen molar-refractivity contribution in [2.75, 3.05) is 39.8 Å². The highest BCUT2D eigenvalue weighted by atomic mass is 79.9. The maximum Gasteiger partial charge on any atom is 0.243 e. The first-order valence-corrected chi connectivity index (χ1v) is 12.3. The molecular formula is C20H22BrCl2N3O3S. The minimum atomic E-state index is -3.92. The van der Waals surface area contributed by atoms with Crippen molar-refractivity contribution in [1.82, 2.24) is 14.1 Å². The Morgan fingerprint density at radius 3 is 2.30 bits per heavy atom. The molecule has 0 spiro atoms. The predicted octanol–water partition coefficient (Wildman–Crippen LogP) is 3.72. The molecule has 0 N–H and O–H groups in total. The molecule has 0 aromatic heterocycles. The van der Waals surface area contributed by atoms with Crippen LogP contribution in [0.25, 0.3) is 0 Å². The van der Waals surface area contributed by atoms with E-state index in [1.807, 2.05) is 7.05 Å². The normalized spacial score (nSPS) is 15.6. The smallest absolute Gasteiger partial charge is 0.243 e. The van der Waals surface area contributed by atoms with E-state index in [1.54, 1.807) is 35.2 Å². The molecule has 1 amide bonds. The van der Waals surface area contributed by atoms with Crippen LogP contribution < -0.4 is 0 Å². The fraction of sp³-hybridized carbons (Fsp3) is 0.350. The number of hydrogen-bond donors (Lipinski definition) is 0. The number of benzene rings is 2. The largest absolute Gasteiger partial charge is 0.339 e. The molecule has 1 aliphatic heterocycles. The van der Waals surface area contributed by atoms with Crippen molar-refractivity contribution in [3.8, 4) is 0 Å². The Morgan fingerprint density at radius 1 is 1.07 bits per heavy atom. The van der Waals surface area contributed by atoms with Crippen LogP contribution in [0.1, 0.15) is 5.56 Å². The van der Waals surface area contributed by atoms with E-state index in [0.717, 1.165) is 17.6 Å². The van der Waals surface area contributed by atoms with Crippen LogP contribution in [-0.4, -0.2) is 68.2 Å². The topological polar surface area (TPSA) is 60.9 Å². The lowest BCUT2D eigenvalue weighted by atomic mass is 10.2. The average molecular weight is 535 g/mol. The van der Waals surface area contributed by atoms with Crippen LogP contribution in [0.4, 0.5) is 0 Å². The van der Waals surface area contributed by atoms with E-state index in [0.29, 0.717) is 28.7 Å². The highest BCUT2D eigenvalue weighted by Crippen LogP contribution is 2.26. The van der Waals surface area contributed by atoms with Gasteiger partial charge in [0.05, 0.1) is 11.4 Å². The van der Waals surface area contributed by atoms with Crippen molar-refractivity contribution in [2.45, 2.75) is 11.4 Å². The number of halogens is 3. The zero-order valence-corrected chi connectivity index (χ0v) is 20.3. The van der Waals surface area contributed by atoms with Gasteiger partial charge in [-0.05, 0) is 49.0 Å². The van der Waals surface area contributed by atoms with Gasteiger partial charge < -0.3 is 9.80 Å². The number of hydrogen-bond acceptors (Lipinski definition) is 4. The Morgan fingerprint density at radius 2 is 1.70 bits per heavy atom. The quantitative estimate of drug-likeness (QED) is 0.566. The van der Waals surface area contributed by atoms with Gasteiger partial charge >= 0.3 is 0 Å². The van der Waals surface area contributed by atoms with Crippen molar-refractivity contribution in [1.29, 1.82) is 0 Å². The molecule has 1 aliphatic rings. The third-order valence-electron chi connectivity index (χ3n) is 4.98. The second-order valence-corrected chi connectivity index (χ2v) is 10.8. The fourth-order valence-corrected chi connectivity index (χ4v) is 5.23. The highest BCUT2D eigenvalue weighted by Gasteiger charge is 2.30. The summed E-state index contributed by atoms with van der Waals surface area (Å²) in [6.45, 7) is 2.36. The number of sulfonamides is 1. The van der Waals surface area contributed by atoms with Crippen LogP contribution in [0.5, 0.6) is 0 Å². The molecule has 2 aromatic carbocycles. The van der Waals surface area contributed by atoms with Crippen LogP contribution in [0.2, 0.25) is 10.0 Å². The molecule has 162 valence electrons. The Balaban J connectivity index is 1.89. The number of amides is 1. The maximum atomic E-state index is 13.4. The van der Waals surface area contributed by atoms with Crippen molar-refractivity contribution >= 4 is 55.1 Å². The molecule has 30 heavy (non-hydrogen) atoms. The lowest BCUT2D eigenvalue weighted by Crippen LogP contribution is -2.50. The number of carbonyl (C=O) groups excluding carboxylic acids is 1. The van der Waals surface area contributed by atoms with Gasteiger partial charge in [-0.15, -0.1) is 0 Å². The SMILES string of the molecule is CN1CCN(C(=O)CN(Cc2ccc(Cl)cc2Cl)S(=O)(=O)c2ccc(Br)cc2)CC1. The van der Waals surface area contributed by atoms with Crippen molar-refractivity contribution in [3.63, 3.8) is 0 Å². The van der Waals surface area contributed by atoms with E-state index < -0.39 is 10.0 Å². The first kappa shape index (κ1) is 23.5. The molecule has 2 aromatic rings. The third-order valence-corrected chi connectivity index (χ3v) is 7.90. The summed E-state index contributed by atoms with van der Waals surface area (Å²) in [5.74, 6) is -0.228. The van der Waals surface area contributed by atoms with Crippen LogP contribution in [0, 0.1) is 0 Å². The molecule has 0 unspecified atom stereocenters. The number of rotatable bonds is 6. The third kappa shape index (κ3) is 5.75. The zero-order valence-electron chi connectivity index (χ0n) is 16.4. The molecular weight excluding hydrogens is 513 g/mol. The summed E-state index contributed by atoms with van der Waals surface area (Å²) in [6, 6.07) is 11.2. The van der Waals surface area contributed by atoms with E-state index in [1.165, 1.54) is 16.4 Å².